The molecule has 2 aromatic heterocycles. The summed E-state index contributed by atoms with van der Waals surface area (Å²) in [6, 6.07) is 6.13. The summed E-state index contributed by atoms with van der Waals surface area (Å²) in [6.07, 6.45) is 1.61. The first-order chi connectivity index (χ1) is 14.4. The molecule has 2 heterocycles. The molecule has 3 aromatic rings. The minimum absolute atomic E-state index is 0.0563. The Kier molecular flexibility index (Phi) is 6.14. The molecule has 0 aliphatic carbocycles. The predicted molar refractivity (Wildman–Crippen MR) is 107 cm³/mol. The second-order valence-electron chi connectivity index (χ2n) is 6.64. The SMILES string of the molecule is CCCCn1c(=O)[nH]c(=O)c2c1nc(COC(=O)c1ccccc1C(=O)OC)n2C. The number of nitrogens with one attached hydrogen (secondary N) is 1. The molecular weight excluding hydrogens is 392 g/mol. The van der Waals surface area contributed by atoms with Gasteiger partial charge in [0.15, 0.2) is 11.2 Å². The van der Waals surface area contributed by atoms with Gasteiger partial charge in [-0.15, -0.1) is 0 Å². The van der Waals surface area contributed by atoms with Crippen molar-refractivity contribution < 1.29 is 19.1 Å². The Morgan fingerprint density at radius 1 is 1.13 bits per heavy atom. The maximum absolute atomic E-state index is 12.5. The van der Waals surface area contributed by atoms with Gasteiger partial charge >= 0.3 is 17.6 Å². The Labute approximate surface area is 171 Å². The predicted octanol–water partition coefficient (Wildman–Crippen LogP) is 1.37. The maximum atomic E-state index is 12.5. The van der Waals surface area contributed by atoms with Crippen LogP contribution in [0.4, 0.5) is 0 Å². The molecule has 0 unspecified atom stereocenters. The second kappa shape index (κ2) is 8.76. The molecule has 30 heavy (non-hydrogen) atoms. The van der Waals surface area contributed by atoms with Gasteiger partial charge in [-0.05, 0) is 18.6 Å². The first kappa shape index (κ1) is 21.0. The van der Waals surface area contributed by atoms with Crippen LogP contribution in [0, 0.1) is 0 Å². The number of fused-ring (bicyclic) bond motifs is 1. The Balaban J connectivity index is 1.92. The Hall–Kier alpha value is -3.69. The molecule has 0 amide bonds. The van der Waals surface area contributed by atoms with Crippen molar-refractivity contribution in [1.29, 1.82) is 0 Å². The number of aromatic nitrogens is 4. The Bertz CT molecular complexity index is 1220. The van der Waals surface area contributed by atoms with Crippen LogP contribution in [-0.2, 0) is 29.7 Å². The lowest BCUT2D eigenvalue weighted by Crippen LogP contribution is -2.31. The molecule has 0 bridgehead atoms. The van der Waals surface area contributed by atoms with E-state index in [1.54, 1.807) is 19.2 Å². The van der Waals surface area contributed by atoms with E-state index in [0.29, 0.717) is 6.54 Å². The molecule has 3 rings (SSSR count). The van der Waals surface area contributed by atoms with Crippen LogP contribution >= 0.6 is 0 Å². The van der Waals surface area contributed by atoms with Crippen molar-refractivity contribution in [3.8, 4) is 0 Å². The number of ether oxygens (including phenoxy) is 2. The number of carbonyl (C=O) groups excluding carboxylic acids is 2. The molecule has 1 N–H and O–H groups in total. The van der Waals surface area contributed by atoms with Gasteiger partial charge < -0.3 is 14.0 Å². The maximum Gasteiger partial charge on any atom is 0.339 e. The highest BCUT2D eigenvalue weighted by Crippen LogP contribution is 2.15. The minimum atomic E-state index is -0.736. The number of hydrogen-bond acceptors (Lipinski definition) is 7. The van der Waals surface area contributed by atoms with Crippen molar-refractivity contribution >= 4 is 23.1 Å². The molecule has 0 spiro atoms. The number of methoxy groups -OCH3 is 1. The van der Waals surface area contributed by atoms with Gasteiger partial charge in [0.1, 0.15) is 12.4 Å². The van der Waals surface area contributed by atoms with E-state index in [4.69, 9.17) is 4.74 Å². The van der Waals surface area contributed by atoms with Crippen molar-refractivity contribution in [1.82, 2.24) is 19.1 Å². The van der Waals surface area contributed by atoms with Crippen molar-refractivity contribution in [2.24, 2.45) is 7.05 Å². The fourth-order valence-corrected chi connectivity index (χ4v) is 3.10. The standard InChI is InChI=1S/C20H22N4O6/c1-4-5-10-24-16-15(17(25)22-20(24)28)23(2)14(21-16)11-30-19(27)13-9-7-6-8-12(13)18(26)29-3/h6-9H,4-5,10-11H2,1-3H3,(H,22,25,28). The summed E-state index contributed by atoms with van der Waals surface area (Å²) < 4.78 is 12.9. The number of imidazole rings is 1. The zero-order valence-corrected chi connectivity index (χ0v) is 16.9. The van der Waals surface area contributed by atoms with Crippen LogP contribution in [0.25, 0.3) is 11.2 Å². The largest absolute Gasteiger partial charge is 0.465 e. The lowest BCUT2D eigenvalue weighted by molar-refractivity contribution is 0.0446. The smallest absolute Gasteiger partial charge is 0.339 e. The molecule has 0 saturated heterocycles. The summed E-state index contributed by atoms with van der Waals surface area (Å²) in [6.45, 7) is 2.15. The number of aryl methyl sites for hydroxylation is 2. The summed E-state index contributed by atoms with van der Waals surface area (Å²) in [7, 11) is 2.82. The van der Waals surface area contributed by atoms with E-state index in [1.165, 1.54) is 28.4 Å². The monoisotopic (exact) mass is 414 g/mol. The molecule has 10 nitrogen and oxygen atoms in total. The van der Waals surface area contributed by atoms with Crippen LogP contribution in [0.15, 0.2) is 33.9 Å². The van der Waals surface area contributed by atoms with Crippen molar-refractivity contribution in [2.45, 2.75) is 32.9 Å². The highest BCUT2D eigenvalue weighted by Gasteiger charge is 2.21. The number of rotatable bonds is 7. The van der Waals surface area contributed by atoms with E-state index in [0.717, 1.165) is 12.8 Å². The fourth-order valence-electron chi connectivity index (χ4n) is 3.10. The number of esters is 2. The van der Waals surface area contributed by atoms with E-state index in [9.17, 15) is 19.2 Å². The molecule has 1 aromatic carbocycles. The first-order valence-electron chi connectivity index (χ1n) is 9.41. The number of benzene rings is 1. The fraction of sp³-hybridized carbons (Fsp3) is 0.350. The first-order valence-corrected chi connectivity index (χ1v) is 9.41. The summed E-state index contributed by atoms with van der Waals surface area (Å²) >= 11 is 0. The van der Waals surface area contributed by atoms with Gasteiger partial charge in [-0.2, -0.15) is 0 Å². The topological polar surface area (TPSA) is 125 Å². The molecule has 0 atom stereocenters. The minimum Gasteiger partial charge on any atom is -0.465 e. The van der Waals surface area contributed by atoms with Crippen LogP contribution in [0.5, 0.6) is 0 Å². The summed E-state index contributed by atoms with van der Waals surface area (Å²) in [4.78, 5) is 55.5. The van der Waals surface area contributed by atoms with E-state index in [1.807, 2.05) is 6.92 Å². The van der Waals surface area contributed by atoms with Crippen molar-refractivity contribution in [3.05, 3.63) is 62.1 Å². The summed E-state index contributed by atoms with van der Waals surface area (Å²) in [5, 5.41) is 0. The average Bonchev–Trinajstić information content (AvgIpc) is 3.07. The van der Waals surface area contributed by atoms with Gasteiger partial charge in [0.2, 0.25) is 0 Å². The van der Waals surface area contributed by atoms with Crippen LogP contribution in [0.3, 0.4) is 0 Å². The zero-order valence-electron chi connectivity index (χ0n) is 16.9. The molecule has 10 heteroatoms. The van der Waals surface area contributed by atoms with Gasteiger partial charge in [0.05, 0.1) is 18.2 Å². The Morgan fingerprint density at radius 2 is 1.80 bits per heavy atom. The molecule has 0 saturated carbocycles. The van der Waals surface area contributed by atoms with Gasteiger partial charge in [-0.1, -0.05) is 25.5 Å². The summed E-state index contributed by atoms with van der Waals surface area (Å²) in [5.41, 5.74) is -0.506. The zero-order chi connectivity index (χ0) is 21.8. The third kappa shape index (κ3) is 3.88. The molecule has 0 radical (unpaired) electrons. The van der Waals surface area contributed by atoms with Gasteiger partial charge in [0, 0.05) is 13.6 Å². The Morgan fingerprint density at radius 3 is 2.43 bits per heavy atom. The van der Waals surface area contributed by atoms with Crippen LogP contribution in [0.2, 0.25) is 0 Å². The van der Waals surface area contributed by atoms with Gasteiger partial charge in [-0.25, -0.2) is 19.4 Å². The normalized spacial score (nSPS) is 10.9. The highest BCUT2D eigenvalue weighted by atomic mass is 16.5. The number of unbranched alkanes of at least 4 members (excludes halogenated alkanes) is 1. The third-order valence-electron chi connectivity index (χ3n) is 4.73. The second-order valence-corrected chi connectivity index (χ2v) is 6.64. The van der Waals surface area contributed by atoms with Gasteiger partial charge in [-0.3, -0.25) is 14.3 Å². The molecular formula is C20H22N4O6. The van der Waals surface area contributed by atoms with Crippen LogP contribution in [0.1, 0.15) is 46.3 Å². The third-order valence-corrected chi connectivity index (χ3v) is 4.73. The number of nitrogens with zero attached hydrogens (tertiary/aromatic N) is 3. The average molecular weight is 414 g/mol. The van der Waals surface area contributed by atoms with Crippen LogP contribution < -0.4 is 11.2 Å². The highest BCUT2D eigenvalue weighted by molar-refractivity contribution is 6.03. The molecule has 0 fully saturated rings. The lowest BCUT2D eigenvalue weighted by Gasteiger charge is -2.08. The van der Waals surface area contributed by atoms with Crippen molar-refractivity contribution in [3.63, 3.8) is 0 Å². The lowest BCUT2D eigenvalue weighted by atomic mass is 10.1. The number of carbonyl (C=O) groups is 2. The molecule has 0 aliphatic heterocycles. The summed E-state index contributed by atoms with van der Waals surface area (Å²) in [5.74, 6) is -1.10. The quantitative estimate of drug-likeness (QED) is 0.579. The number of hydrogen-bond donors (Lipinski definition) is 1. The number of H-pyrrole nitrogens is 1. The van der Waals surface area contributed by atoms with Gasteiger partial charge in [0.25, 0.3) is 5.56 Å². The van der Waals surface area contributed by atoms with Crippen LogP contribution in [-0.4, -0.2) is 38.2 Å². The number of aromatic amines is 1. The van der Waals surface area contributed by atoms with E-state index in [2.05, 4.69) is 14.7 Å². The van der Waals surface area contributed by atoms with E-state index < -0.39 is 23.2 Å². The molecule has 0 aliphatic rings. The molecule has 158 valence electrons. The van der Waals surface area contributed by atoms with E-state index >= 15 is 0 Å². The van der Waals surface area contributed by atoms with Crippen molar-refractivity contribution in [2.75, 3.05) is 7.11 Å². The van der Waals surface area contributed by atoms with E-state index in [-0.39, 0.29) is 34.7 Å².